The predicted molar refractivity (Wildman–Crippen MR) is 130 cm³/mol. The average Bonchev–Trinajstić information content (AvgIpc) is 2.83. The van der Waals surface area contributed by atoms with Crippen molar-refractivity contribution in [3.05, 3.63) is 102 Å². The van der Waals surface area contributed by atoms with Gasteiger partial charge in [0.25, 0.3) is 5.91 Å². The molecule has 0 radical (unpaired) electrons. The maximum absolute atomic E-state index is 13.1. The third-order valence-electron chi connectivity index (χ3n) is 5.49. The summed E-state index contributed by atoms with van der Waals surface area (Å²) in [7, 11) is 5.97. The van der Waals surface area contributed by atoms with Crippen molar-refractivity contribution in [3.8, 4) is 5.75 Å². The molecule has 0 saturated carbocycles. The summed E-state index contributed by atoms with van der Waals surface area (Å²) in [5.41, 5.74) is 2.80. The highest BCUT2D eigenvalue weighted by Crippen LogP contribution is 2.28. The first-order chi connectivity index (χ1) is 15.6. The maximum Gasteiger partial charge on any atom is 0.255 e. The Balaban J connectivity index is 1.75. The summed E-state index contributed by atoms with van der Waals surface area (Å²) >= 11 is 0. The van der Waals surface area contributed by atoms with E-state index in [0.29, 0.717) is 17.9 Å². The van der Waals surface area contributed by atoms with E-state index in [0.717, 1.165) is 18.5 Å². The summed E-state index contributed by atoms with van der Waals surface area (Å²) in [6, 6.07) is 27.9. The molecule has 0 aliphatic carbocycles. The lowest BCUT2D eigenvalue weighted by atomic mass is 10.1. The molecule has 0 saturated heterocycles. The quantitative estimate of drug-likeness (QED) is 0.471. The summed E-state index contributed by atoms with van der Waals surface area (Å²) in [6.07, 6.45) is 0.657. The summed E-state index contributed by atoms with van der Waals surface area (Å²) in [6.45, 7) is 1.32. The first kappa shape index (κ1) is 23.5. The molecule has 0 heterocycles. The van der Waals surface area contributed by atoms with Crippen LogP contribution in [0.25, 0.3) is 0 Å². The minimum absolute atomic E-state index is 0.0842. The van der Waals surface area contributed by atoms with Crippen LogP contribution < -0.4 is 15.4 Å². The Hall–Kier alpha value is -3.15. The standard InChI is InChI=1S/C27H33N3O2/c1-28-19-18-25(22-14-8-5-9-15-22)32-26-17-11-10-16-23(26)27(31)29-20-24(30(2)3)21-12-6-4-7-13-21/h4-17,24-25,28H,18-20H2,1-3H3,(H,29,31). The number of nitrogens with zero attached hydrogens (tertiary/aromatic N) is 1. The minimum Gasteiger partial charge on any atom is -0.485 e. The van der Waals surface area contributed by atoms with Gasteiger partial charge < -0.3 is 20.3 Å². The number of nitrogens with one attached hydrogen (secondary N) is 2. The van der Waals surface area contributed by atoms with E-state index in [2.05, 4.69) is 39.8 Å². The van der Waals surface area contributed by atoms with Crippen molar-refractivity contribution in [1.82, 2.24) is 15.5 Å². The molecule has 3 aromatic carbocycles. The molecule has 0 aliphatic heterocycles. The third-order valence-corrected chi connectivity index (χ3v) is 5.49. The highest BCUT2D eigenvalue weighted by molar-refractivity contribution is 5.96. The first-order valence-corrected chi connectivity index (χ1v) is 11.0. The molecule has 3 rings (SSSR count). The van der Waals surface area contributed by atoms with Crippen molar-refractivity contribution in [2.24, 2.45) is 0 Å². The van der Waals surface area contributed by atoms with E-state index in [9.17, 15) is 4.79 Å². The molecule has 0 aliphatic rings. The Bertz CT molecular complexity index is 961. The first-order valence-electron chi connectivity index (χ1n) is 11.0. The van der Waals surface area contributed by atoms with Crippen LogP contribution in [-0.2, 0) is 0 Å². The Morgan fingerprint density at radius 3 is 2.09 bits per heavy atom. The molecule has 2 N–H and O–H groups in total. The second-order valence-corrected chi connectivity index (χ2v) is 8.01. The zero-order valence-corrected chi connectivity index (χ0v) is 19.1. The van der Waals surface area contributed by atoms with Gasteiger partial charge in [-0.05, 0) is 50.9 Å². The number of rotatable bonds is 11. The minimum atomic E-state index is -0.142. The van der Waals surface area contributed by atoms with Gasteiger partial charge in [0.1, 0.15) is 11.9 Å². The third kappa shape index (κ3) is 6.42. The summed E-state index contributed by atoms with van der Waals surface area (Å²) in [5, 5.41) is 6.29. The largest absolute Gasteiger partial charge is 0.485 e. The summed E-state index contributed by atoms with van der Waals surface area (Å²) in [5.74, 6) is 0.458. The van der Waals surface area contributed by atoms with E-state index in [1.807, 2.05) is 81.8 Å². The van der Waals surface area contributed by atoms with Crippen molar-refractivity contribution < 1.29 is 9.53 Å². The fourth-order valence-corrected chi connectivity index (χ4v) is 3.71. The lowest BCUT2D eigenvalue weighted by Gasteiger charge is -2.25. The Morgan fingerprint density at radius 1 is 0.875 bits per heavy atom. The Morgan fingerprint density at radius 2 is 1.47 bits per heavy atom. The van der Waals surface area contributed by atoms with Gasteiger partial charge in [-0.2, -0.15) is 0 Å². The van der Waals surface area contributed by atoms with Crippen LogP contribution >= 0.6 is 0 Å². The molecule has 2 unspecified atom stereocenters. The number of ether oxygens (including phenoxy) is 1. The number of hydrogen-bond donors (Lipinski definition) is 2. The van der Waals surface area contributed by atoms with E-state index in [1.54, 1.807) is 0 Å². The molecule has 32 heavy (non-hydrogen) atoms. The van der Waals surface area contributed by atoms with Crippen LogP contribution in [0.15, 0.2) is 84.9 Å². The number of likely N-dealkylation sites (N-methyl/N-ethyl adjacent to an activating group) is 1. The van der Waals surface area contributed by atoms with Gasteiger partial charge in [0, 0.05) is 13.0 Å². The highest BCUT2D eigenvalue weighted by Gasteiger charge is 2.20. The molecule has 5 heteroatoms. The Labute approximate surface area is 191 Å². The van der Waals surface area contributed by atoms with Crippen LogP contribution in [0.1, 0.15) is 40.1 Å². The van der Waals surface area contributed by atoms with Gasteiger partial charge in [-0.25, -0.2) is 0 Å². The molecule has 0 fully saturated rings. The van der Waals surface area contributed by atoms with Crippen molar-refractivity contribution in [2.75, 3.05) is 34.2 Å². The van der Waals surface area contributed by atoms with Crippen LogP contribution in [0, 0.1) is 0 Å². The van der Waals surface area contributed by atoms with Crippen molar-refractivity contribution in [1.29, 1.82) is 0 Å². The molecule has 0 spiro atoms. The van der Waals surface area contributed by atoms with E-state index in [4.69, 9.17) is 4.74 Å². The average molecular weight is 432 g/mol. The second kappa shape index (κ2) is 12.0. The second-order valence-electron chi connectivity index (χ2n) is 8.01. The van der Waals surface area contributed by atoms with Gasteiger partial charge in [0.2, 0.25) is 0 Å². The lowest BCUT2D eigenvalue weighted by Crippen LogP contribution is -2.34. The number of carbonyl (C=O) groups is 1. The van der Waals surface area contributed by atoms with Gasteiger partial charge >= 0.3 is 0 Å². The number of hydrogen-bond acceptors (Lipinski definition) is 4. The topological polar surface area (TPSA) is 53.6 Å². The van der Waals surface area contributed by atoms with Gasteiger partial charge in [-0.3, -0.25) is 4.79 Å². The summed E-state index contributed by atoms with van der Waals surface area (Å²) in [4.78, 5) is 15.2. The van der Waals surface area contributed by atoms with E-state index in [-0.39, 0.29) is 18.1 Å². The van der Waals surface area contributed by atoms with E-state index < -0.39 is 0 Å². The zero-order valence-electron chi connectivity index (χ0n) is 19.1. The van der Waals surface area contributed by atoms with Crippen LogP contribution in [0.2, 0.25) is 0 Å². The number of carbonyl (C=O) groups excluding carboxylic acids is 1. The molecular formula is C27H33N3O2. The lowest BCUT2D eigenvalue weighted by molar-refractivity contribution is 0.0933. The van der Waals surface area contributed by atoms with E-state index >= 15 is 0 Å². The predicted octanol–water partition coefficient (Wildman–Crippen LogP) is 4.45. The number of amides is 1. The Kier molecular flexibility index (Phi) is 8.84. The molecule has 3 aromatic rings. The fraction of sp³-hybridized carbons (Fsp3) is 0.296. The van der Waals surface area contributed by atoms with Gasteiger partial charge in [0.15, 0.2) is 0 Å². The zero-order chi connectivity index (χ0) is 22.8. The maximum atomic E-state index is 13.1. The van der Waals surface area contributed by atoms with Crippen LogP contribution in [-0.4, -0.2) is 45.0 Å². The fourth-order valence-electron chi connectivity index (χ4n) is 3.71. The van der Waals surface area contributed by atoms with Gasteiger partial charge in [-0.15, -0.1) is 0 Å². The highest BCUT2D eigenvalue weighted by atomic mass is 16.5. The van der Waals surface area contributed by atoms with Crippen LogP contribution in [0.5, 0.6) is 5.75 Å². The van der Waals surface area contributed by atoms with Crippen LogP contribution in [0.4, 0.5) is 0 Å². The number of para-hydroxylation sites is 1. The molecule has 0 bridgehead atoms. The number of benzene rings is 3. The SMILES string of the molecule is CNCCC(Oc1ccccc1C(=O)NCC(c1ccccc1)N(C)C)c1ccccc1. The van der Waals surface area contributed by atoms with Crippen molar-refractivity contribution >= 4 is 5.91 Å². The summed E-state index contributed by atoms with van der Waals surface area (Å²) < 4.78 is 6.38. The van der Waals surface area contributed by atoms with E-state index in [1.165, 1.54) is 5.56 Å². The van der Waals surface area contributed by atoms with Gasteiger partial charge in [0.05, 0.1) is 11.6 Å². The van der Waals surface area contributed by atoms with Crippen molar-refractivity contribution in [2.45, 2.75) is 18.6 Å². The molecule has 0 aromatic heterocycles. The van der Waals surface area contributed by atoms with Crippen LogP contribution in [0.3, 0.4) is 0 Å². The van der Waals surface area contributed by atoms with Crippen molar-refractivity contribution in [3.63, 3.8) is 0 Å². The molecule has 2 atom stereocenters. The molecule has 1 amide bonds. The molecule has 168 valence electrons. The monoisotopic (exact) mass is 431 g/mol. The molecular weight excluding hydrogens is 398 g/mol. The smallest absolute Gasteiger partial charge is 0.255 e. The molecule has 5 nitrogen and oxygen atoms in total. The normalized spacial score (nSPS) is 12.9. The van der Waals surface area contributed by atoms with Gasteiger partial charge in [-0.1, -0.05) is 72.8 Å².